The molecular weight excluding hydrogens is 372 g/mol. The summed E-state index contributed by atoms with van der Waals surface area (Å²) in [4.78, 5) is 18.2. The molecule has 3 heterocycles. The molecule has 1 aromatic heterocycles. The van der Waals surface area contributed by atoms with Crippen LogP contribution in [0.3, 0.4) is 0 Å². The molecule has 8 heteroatoms. The van der Waals surface area contributed by atoms with Crippen molar-refractivity contribution in [3.8, 4) is 6.07 Å². The lowest BCUT2D eigenvalue weighted by Gasteiger charge is -2.45. The number of hydrogen-bond donors (Lipinski definition) is 1. The highest BCUT2D eigenvalue weighted by Crippen LogP contribution is 2.36. The number of nitrogens with zero attached hydrogens (tertiary/aromatic N) is 3. The smallest absolute Gasteiger partial charge is 0.410 e. The van der Waals surface area contributed by atoms with E-state index in [0.29, 0.717) is 44.8 Å². The van der Waals surface area contributed by atoms with Gasteiger partial charge in [0.1, 0.15) is 17.5 Å². The molecule has 0 atom stereocenters. The molecule has 0 bridgehead atoms. The van der Waals surface area contributed by atoms with Crippen molar-refractivity contribution < 1.29 is 19.0 Å². The molecule has 2 fully saturated rings. The van der Waals surface area contributed by atoms with Crippen molar-refractivity contribution in [2.75, 3.05) is 38.2 Å². The van der Waals surface area contributed by atoms with E-state index in [9.17, 15) is 4.79 Å². The maximum atomic E-state index is 12.2. The minimum Gasteiger partial charge on any atom is -0.444 e. The van der Waals surface area contributed by atoms with Gasteiger partial charge in [0.25, 0.3) is 0 Å². The molecule has 1 N–H and O–H groups in total. The van der Waals surface area contributed by atoms with Crippen molar-refractivity contribution in [3.05, 3.63) is 23.9 Å². The van der Waals surface area contributed by atoms with Gasteiger partial charge < -0.3 is 24.4 Å². The first-order valence-electron chi connectivity index (χ1n) is 10.1. The molecule has 8 nitrogen and oxygen atoms in total. The van der Waals surface area contributed by atoms with E-state index in [1.54, 1.807) is 23.2 Å². The van der Waals surface area contributed by atoms with Crippen LogP contribution in [0.1, 0.15) is 45.6 Å². The molecule has 2 saturated heterocycles. The fourth-order valence-electron chi connectivity index (χ4n) is 3.46. The molecule has 0 aliphatic carbocycles. The topological polar surface area (TPSA) is 96.7 Å². The molecule has 3 rings (SSSR count). The Hall–Kier alpha value is -2.37. The quantitative estimate of drug-likeness (QED) is 0.826. The normalized spacial score (nSPS) is 19.6. The van der Waals surface area contributed by atoms with Crippen LogP contribution in [0.15, 0.2) is 18.3 Å². The number of ether oxygens (including phenoxy) is 3. The molecule has 0 saturated carbocycles. The summed E-state index contributed by atoms with van der Waals surface area (Å²) in [6.07, 6.45) is 3.48. The Morgan fingerprint density at radius 3 is 2.59 bits per heavy atom. The van der Waals surface area contributed by atoms with E-state index in [4.69, 9.17) is 19.5 Å². The van der Waals surface area contributed by atoms with Crippen LogP contribution in [-0.2, 0) is 14.2 Å². The largest absolute Gasteiger partial charge is 0.444 e. The molecule has 0 unspecified atom stereocenters. The van der Waals surface area contributed by atoms with E-state index in [0.717, 1.165) is 18.7 Å². The number of nitriles is 1. The lowest BCUT2D eigenvalue weighted by atomic mass is 9.79. The molecule has 158 valence electrons. The highest BCUT2D eigenvalue weighted by atomic mass is 16.7. The predicted octanol–water partition coefficient (Wildman–Crippen LogP) is 3.15. The summed E-state index contributed by atoms with van der Waals surface area (Å²) < 4.78 is 17.4. The van der Waals surface area contributed by atoms with Gasteiger partial charge in [-0.25, -0.2) is 9.78 Å². The van der Waals surface area contributed by atoms with Crippen LogP contribution in [0.4, 0.5) is 10.6 Å². The number of aromatic nitrogens is 1. The van der Waals surface area contributed by atoms with Gasteiger partial charge >= 0.3 is 6.09 Å². The molecule has 0 aromatic carbocycles. The van der Waals surface area contributed by atoms with Crippen LogP contribution in [0, 0.1) is 16.7 Å². The van der Waals surface area contributed by atoms with Crippen molar-refractivity contribution in [3.63, 3.8) is 0 Å². The van der Waals surface area contributed by atoms with Crippen molar-refractivity contribution in [1.29, 1.82) is 5.26 Å². The maximum Gasteiger partial charge on any atom is 0.410 e. The lowest BCUT2D eigenvalue weighted by molar-refractivity contribution is -0.237. The average molecular weight is 402 g/mol. The summed E-state index contributed by atoms with van der Waals surface area (Å²) in [6, 6.07) is 5.57. The Bertz CT molecular complexity index is 721. The minimum atomic E-state index is -0.474. The molecule has 0 radical (unpaired) electrons. The second kappa shape index (κ2) is 8.97. The van der Waals surface area contributed by atoms with Gasteiger partial charge in [0.05, 0.1) is 18.8 Å². The highest BCUT2D eigenvalue weighted by molar-refractivity contribution is 5.68. The summed E-state index contributed by atoms with van der Waals surface area (Å²) in [5.74, 6) is 0.728. The summed E-state index contributed by atoms with van der Waals surface area (Å²) >= 11 is 0. The number of pyridine rings is 1. The van der Waals surface area contributed by atoms with Gasteiger partial charge in [-0.2, -0.15) is 5.26 Å². The van der Waals surface area contributed by atoms with Gasteiger partial charge in [-0.3, -0.25) is 0 Å². The van der Waals surface area contributed by atoms with Gasteiger partial charge in [-0.05, 0) is 45.7 Å². The van der Waals surface area contributed by atoms with E-state index in [-0.39, 0.29) is 17.8 Å². The van der Waals surface area contributed by atoms with Gasteiger partial charge in [0, 0.05) is 37.7 Å². The van der Waals surface area contributed by atoms with Gasteiger partial charge in [-0.1, -0.05) is 0 Å². The van der Waals surface area contributed by atoms with E-state index in [1.165, 1.54) is 0 Å². The van der Waals surface area contributed by atoms with Gasteiger partial charge in [0.2, 0.25) is 0 Å². The Morgan fingerprint density at radius 2 is 2.03 bits per heavy atom. The number of likely N-dealkylation sites (tertiary alicyclic amines) is 1. The SMILES string of the molecule is CC(C)(C)OC(=O)N1CCC2(CC1)COC(CCNc1ccc(C#N)cn1)OC2. The number of carbonyl (C=O) groups excluding carboxylic acids is 1. The standard InChI is InChI=1S/C21H30N4O4/c1-20(2,3)29-19(26)25-10-7-21(8-11-25)14-27-18(28-15-21)6-9-23-17-5-4-16(12-22)13-24-17/h4-5,13,18H,6-11,14-15H2,1-3H3,(H,23,24). The zero-order valence-electron chi connectivity index (χ0n) is 17.4. The molecule has 2 aliphatic heterocycles. The van der Waals surface area contributed by atoms with Gasteiger partial charge in [0.15, 0.2) is 6.29 Å². The highest BCUT2D eigenvalue weighted by Gasteiger charge is 2.41. The fraction of sp³-hybridized carbons (Fsp3) is 0.667. The second-order valence-corrected chi connectivity index (χ2v) is 8.78. The Morgan fingerprint density at radius 1 is 1.34 bits per heavy atom. The first-order valence-corrected chi connectivity index (χ1v) is 10.1. The Balaban J connectivity index is 1.37. The number of rotatable bonds is 4. The van der Waals surface area contributed by atoms with Crippen LogP contribution in [-0.4, -0.2) is 60.7 Å². The van der Waals surface area contributed by atoms with Crippen LogP contribution in [0.2, 0.25) is 0 Å². The number of nitrogens with one attached hydrogen (secondary N) is 1. The summed E-state index contributed by atoms with van der Waals surface area (Å²) in [7, 11) is 0. The van der Waals surface area contributed by atoms with E-state index in [2.05, 4.69) is 10.3 Å². The van der Waals surface area contributed by atoms with Crippen LogP contribution in [0.5, 0.6) is 0 Å². The van der Waals surface area contributed by atoms with Crippen molar-refractivity contribution in [2.45, 2.75) is 51.9 Å². The summed E-state index contributed by atoms with van der Waals surface area (Å²) in [5.41, 5.74) is 0.0482. The van der Waals surface area contributed by atoms with E-state index < -0.39 is 5.60 Å². The maximum absolute atomic E-state index is 12.2. The second-order valence-electron chi connectivity index (χ2n) is 8.78. The zero-order chi connectivity index (χ0) is 20.9. The number of piperidine rings is 1. The minimum absolute atomic E-state index is 0.0167. The third-order valence-corrected chi connectivity index (χ3v) is 5.21. The monoisotopic (exact) mass is 402 g/mol. The van der Waals surface area contributed by atoms with Gasteiger partial charge in [-0.15, -0.1) is 0 Å². The van der Waals surface area contributed by atoms with Crippen molar-refractivity contribution in [2.24, 2.45) is 5.41 Å². The predicted molar refractivity (Wildman–Crippen MR) is 107 cm³/mol. The van der Waals surface area contributed by atoms with E-state index in [1.807, 2.05) is 26.8 Å². The molecule has 1 amide bonds. The molecule has 1 aromatic rings. The third kappa shape index (κ3) is 6.05. The molecule has 2 aliphatic rings. The summed E-state index contributed by atoms with van der Waals surface area (Å²) in [6.45, 7) is 8.94. The average Bonchev–Trinajstić information content (AvgIpc) is 2.69. The van der Waals surface area contributed by atoms with E-state index >= 15 is 0 Å². The zero-order valence-corrected chi connectivity index (χ0v) is 17.4. The molecule has 29 heavy (non-hydrogen) atoms. The first kappa shape index (κ1) is 21.3. The Labute approximate surface area is 172 Å². The molecular formula is C21H30N4O4. The Kier molecular flexibility index (Phi) is 6.60. The van der Waals surface area contributed by atoms with Crippen LogP contribution < -0.4 is 5.32 Å². The number of amides is 1. The first-order chi connectivity index (χ1) is 13.8. The lowest BCUT2D eigenvalue weighted by Crippen LogP contribution is -2.51. The van der Waals surface area contributed by atoms with Crippen LogP contribution >= 0.6 is 0 Å². The number of hydrogen-bond acceptors (Lipinski definition) is 7. The van der Waals surface area contributed by atoms with Crippen LogP contribution in [0.25, 0.3) is 0 Å². The number of anilines is 1. The van der Waals surface area contributed by atoms with Crippen molar-refractivity contribution in [1.82, 2.24) is 9.88 Å². The number of carbonyl (C=O) groups is 1. The fourth-order valence-corrected chi connectivity index (χ4v) is 3.46. The molecule has 1 spiro atoms. The third-order valence-electron chi connectivity index (χ3n) is 5.21. The summed E-state index contributed by atoms with van der Waals surface area (Å²) in [5, 5.41) is 12.0. The van der Waals surface area contributed by atoms with Crippen molar-refractivity contribution >= 4 is 11.9 Å².